The second kappa shape index (κ2) is 5.99. The fourth-order valence-corrected chi connectivity index (χ4v) is 3.98. The number of ether oxygens (including phenoxy) is 1. The van der Waals surface area contributed by atoms with Gasteiger partial charge in [0.15, 0.2) is 0 Å². The van der Waals surface area contributed by atoms with Crippen LogP contribution in [-0.4, -0.2) is 27.0 Å². The quantitative estimate of drug-likeness (QED) is 0.887. The van der Waals surface area contributed by atoms with E-state index in [-0.39, 0.29) is 4.90 Å². The Labute approximate surface area is 141 Å². The van der Waals surface area contributed by atoms with Crippen LogP contribution in [0.3, 0.4) is 0 Å². The van der Waals surface area contributed by atoms with Crippen molar-refractivity contribution in [2.24, 2.45) is 0 Å². The average Bonchev–Trinajstić information content (AvgIpc) is 2.80. The molecule has 1 unspecified atom stereocenters. The summed E-state index contributed by atoms with van der Waals surface area (Å²) in [6.45, 7) is 3.71. The van der Waals surface area contributed by atoms with E-state index in [4.69, 9.17) is 4.74 Å². The van der Waals surface area contributed by atoms with Gasteiger partial charge in [-0.15, -0.1) is 0 Å². The molecule has 7 heteroatoms. The number of anilines is 2. The number of aliphatic hydroxyl groups excluding tert-OH is 1. The summed E-state index contributed by atoms with van der Waals surface area (Å²) in [6, 6.07) is 10.5. The van der Waals surface area contributed by atoms with Gasteiger partial charge in [0.2, 0.25) is 0 Å². The average molecular weight is 348 g/mol. The van der Waals surface area contributed by atoms with Crippen molar-refractivity contribution in [1.82, 2.24) is 0 Å². The van der Waals surface area contributed by atoms with Crippen LogP contribution in [0.15, 0.2) is 41.3 Å². The van der Waals surface area contributed by atoms with Gasteiger partial charge in [-0.05, 0) is 48.7 Å². The normalized spacial score (nSPS) is 16.7. The van der Waals surface area contributed by atoms with Crippen LogP contribution in [0.2, 0.25) is 0 Å². The maximum atomic E-state index is 12.8. The topological polar surface area (TPSA) is 78.9 Å². The zero-order valence-corrected chi connectivity index (χ0v) is 14.6. The summed E-state index contributed by atoms with van der Waals surface area (Å²) < 4.78 is 33.5. The zero-order valence-electron chi connectivity index (χ0n) is 13.8. The number of nitrogens with one attached hydrogen (secondary N) is 1. The lowest BCUT2D eigenvalue weighted by Gasteiger charge is -2.15. The summed E-state index contributed by atoms with van der Waals surface area (Å²) in [7, 11) is -2.11. The van der Waals surface area contributed by atoms with Gasteiger partial charge in [-0.1, -0.05) is 19.1 Å². The molecule has 6 nitrogen and oxygen atoms in total. The van der Waals surface area contributed by atoms with Crippen molar-refractivity contribution in [3.8, 4) is 5.75 Å². The molecule has 0 radical (unpaired) electrons. The molecule has 1 aliphatic heterocycles. The van der Waals surface area contributed by atoms with E-state index in [1.807, 2.05) is 25.1 Å². The van der Waals surface area contributed by atoms with Crippen molar-refractivity contribution < 1.29 is 18.3 Å². The number of nitrogens with zero attached hydrogens (tertiary/aromatic N) is 1. The molecule has 0 bridgehead atoms. The maximum absolute atomic E-state index is 12.8. The standard InChI is InChI=1S/C17H20N2O4S/c1-4-12-6-5-7-13(9-12)18-24(21,22)16-10-14-15(8-11(16)2)23-17(20)19(14)3/h5-10,17-18,20H,4H2,1-3H3. The Morgan fingerprint density at radius 2 is 2.04 bits per heavy atom. The smallest absolute Gasteiger partial charge is 0.281 e. The minimum atomic E-state index is -3.75. The Bertz CT molecular complexity index is 880. The van der Waals surface area contributed by atoms with Gasteiger partial charge < -0.3 is 14.7 Å². The maximum Gasteiger partial charge on any atom is 0.281 e. The first kappa shape index (κ1) is 16.6. The molecule has 0 spiro atoms. The molecule has 128 valence electrons. The van der Waals surface area contributed by atoms with Crippen LogP contribution in [0, 0.1) is 6.92 Å². The Hall–Kier alpha value is -2.25. The molecule has 0 aliphatic carbocycles. The predicted molar refractivity (Wildman–Crippen MR) is 92.8 cm³/mol. The summed E-state index contributed by atoms with van der Waals surface area (Å²) in [5.41, 5.74) is 2.67. The van der Waals surface area contributed by atoms with Gasteiger partial charge in [-0.2, -0.15) is 0 Å². The summed E-state index contributed by atoms with van der Waals surface area (Å²) in [6.07, 6.45) is -0.278. The van der Waals surface area contributed by atoms with Crippen LogP contribution in [0.25, 0.3) is 0 Å². The van der Waals surface area contributed by atoms with Gasteiger partial charge in [-0.25, -0.2) is 8.42 Å². The molecule has 1 aliphatic rings. The lowest BCUT2D eigenvalue weighted by Crippen LogP contribution is -2.30. The van der Waals surface area contributed by atoms with E-state index in [2.05, 4.69) is 4.72 Å². The molecule has 1 atom stereocenters. The van der Waals surface area contributed by atoms with Gasteiger partial charge in [-0.3, -0.25) is 4.72 Å². The first-order chi connectivity index (χ1) is 11.3. The molecule has 1 heterocycles. The van der Waals surface area contributed by atoms with E-state index >= 15 is 0 Å². The van der Waals surface area contributed by atoms with Crippen LogP contribution < -0.4 is 14.4 Å². The van der Waals surface area contributed by atoms with E-state index < -0.39 is 16.4 Å². The van der Waals surface area contributed by atoms with Crippen molar-refractivity contribution in [1.29, 1.82) is 0 Å². The lowest BCUT2D eigenvalue weighted by molar-refractivity contribution is 0.000965. The second-order valence-electron chi connectivity index (χ2n) is 5.80. The highest BCUT2D eigenvalue weighted by molar-refractivity contribution is 7.92. The Morgan fingerprint density at radius 1 is 1.29 bits per heavy atom. The fraction of sp³-hybridized carbons (Fsp3) is 0.294. The summed E-state index contributed by atoms with van der Waals surface area (Å²) >= 11 is 0. The number of hydrogen-bond acceptors (Lipinski definition) is 5. The van der Waals surface area contributed by atoms with E-state index in [1.165, 1.54) is 11.0 Å². The van der Waals surface area contributed by atoms with E-state index in [1.54, 1.807) is 26.1 Å². The van der Waals surface area contributed by atoms with Crippen LogP contribution in [0.1, 0.15) is 18.1 Å². The third-order valence-electron chi connectivity index (χ3n) is 4.08. The highest BCUT2D eigenvalue weighted by Gasteiger charge is 2.29. The number of sulfonamides is 1. The lowest BCUT2D eigenvalue weighted by atomic mass is 10.1. The van der Waals surface area contributed by atoms with Gasteiger partial charge in [0.05, 0.1) is 10.6 Å². The molecule has 0 amide bonds. The number of aliphatic hydroxyl groups is 1. The van der Waals surface area contributed by atoms with Crippen LogP contribution in [0.4, 0.5) is 11.4 Å². The number of hydrogen-bond donors (Lipinski definition) is 2. The molecule has 0 saturated carbocycles. The molecule has 0 aromatic heterocycles. The molecule has 3 rings (SSSR count). The molecular formula is C17H20N2O4S. The van der Waals surface area contributed by atoms with Crippen molar-refractivity contribution in [3.63, 3.8) is 0 Å². The van der Waals surface area contributed by atoms with Gasteiger partial charge in [0.1, 0.15) is 5.75 Å². The summed E-state index contributed by atoms with van der Waals surface area (Å²) in [5.74, 6) is 0.467. The van der Waals surface area contributed by atoms with Crippen LogP contribution >= 0.6 is 0 Å². The fourth-order valence-electron chi connectivity index (χ4n) is 2.69. The Kier molecular flexibility index (Phi) is 4.15. The van der Waals surface area contributed by atoms with Crippen molar-refractivity contribution in [2.75, 3.05) is 16.7 Å². The first-order valence-electron chi connectivity index (χ1n) is 7.66. The Morgan fingerprint density at radius 3 is 2.75 bits per heavy atom. The summed E-state index contributed by atoms with van der Waals surface area (Å²) in [5, 5.41) is 9.74. The third kappa shape index (κ3) is 2.92. The SMILES string of the molecule is CCc1cccc(NS(=O)(=O)c2cc3c(cc2C)OC(O)N3C)c1. The second-order valence-corrected chi connectivity index (χ2v) is 7.45. The largest absolute Gasteiger partial charge is 0.445 e. The molecule has 24 heavy (non-hydrogen) atoms. The first-order valence-corrected chi connectivity index (χ1v) is 9.14. The molecule has 2 aromatic rings. The van der Waals surface area contributed by atoms with Gasteiger partial charge in [0, 0.05) is 12.7 Å². The molecular weight excluding hydrogens is 328 g/mol. The van der Waals surface area contributed by atoms with Gasteiger partial charge >= 0.3 is 0 Å². The highest BCUT2D eigenvalue weighted by atomic mass is 32.2. The minimum absolute atomic E-state index is 0.160. The predicted octanol–water partition coefficient (Wildman–Crippen LogP) is 2.46. The number of fused-ring (bicyclic) bond motifs is 1. The van der Waals surface area contributed by atoms with Crippen LogP contribution in [-0.2, 0) is 16.4 Å². The van der Waals surface area contributed by atoms with Gasteiger partial charge in [0.25, 0.3) is 16.4 Å². The highest BCUT2D eigenvalue weighted by Crippen LogP contribution is 2.39. The molecule has 0 saturated heterocycles. The molecule has 2 N–H and O–H groups in total. The van der Waals surface area contributed by atoms with Crippen molar-refractivity contribution in [2.45, 2.75) is 31.6 Å². The number of benzene rings is 2. The molecule has 0 fully saturated rings. The van der Waals surface area contributed by atoms with E-state index in [0.29, 0.717) is 22.7 Å². The summed E-state index contributed by atoms with van der Waals surface area (Å²) in [4.78, 5) is 1.64. The Balaban J connectivity index is 1.98. The number of rotatable bonds is 4. The van der Waals surface area contributed by atoms with E-state index in [9.17, 15) is 13.5 Å². The van der Waals surface area contributed by atoms with Crippen molar-refractivity contribution in [3.05, 3.63) is 47.5 Å². The zero-order chi connectivity index (χ0) is 17.5. The van der Waals surface area contributed by atoms with E-state index in [0.717, 1.165) is 12.0 Å². The molecule has 2 aromatic carbocycles. The third-order valence-corrected chi connectivity index (χ3v) is 5.60. The monoisotopic (exact) mass is 348 g/mol. The van der Waals surface area contributed by atoms with Crippen molar-refractivity contribution >= 4 is 21.4 Å². The number of aryl methyl sites for hydroxylation is 2. The minimum Gasteiger partial charge on any atom is -0.445 e. The van der Waals surface area contributed by atoms with Crippen LogP contribution in [0.5, 0.6) is 5.75 Å².